The van der Waals surface area contributed by atoms with Crippen molar-refractivity contribution in [3.05, 3.63) is 0 Å². The van der Waals surface area contributed by atoms with Gasteiger partial charge in [-0.3, -0.25) is 0 Å². The molecule has 22 heavy (non-hydrogen) atoms. The van der Waals surface area contributed by atoms with Crippen molar-refractivity contribution < 1.29 is 5.11 Å². The second-order valence-corrected chi connectivity index (χ2v) is 7.36. The predicted octanol–water partition coefficient (Wildman–Crippen LogP) is 7.26. The van der Waals surface area contributed by atoms with Crippen LogP contribution in [-0.2, 0) is 0 Å². The summed E-state index contributed by atoms with van der Waals surface area (Å²) in [7, 11) is 0. The van der Waals surface area contributed by atoms with Crippen LogP contribution in [0.2, 0.25) is 0 Å². The van der Waals surface area contributed by atoms with E-state index in [9.17, 15) is 5.11 Å². The predicted molar refractivity (Wildman–Crippen MR) is 100 cm³/mol. The van der Waals surface area contributed by atoms with Crippen LogP contribution in [0.15, 0.2) is 0 Å². The zero-order chi connectivity index (χ0) is 16.5. The zero-order valence-corrected chi connectivity index (χ0v) is 15.9. The van der Waals surface area contributed by atoms with E-state index in [1.54, 1.807) is 0 Å². The molecule has 0 aliphatic carbocycles. The SMILES string of the molecule is CCCCCCCCCCCC(O)C(C)CCCCCCC. The summed E-state index contributed by atoms with van der Waals surface area (Å²) in [5.41, 5.74) is 0. The van der Waals surface area contributed by atoms with Crippen LogP contribution >= 0.6 is 0 Å². The van der Waals surface area contributed by atoms with Gasteiger partial charge in [-0.25, -0.2) is 0 Å². The molecule has 0 amide bonds. The summed E-state index contributed by atoms with van der Waals surface area (Å²) >= 11 is 0. The topological polar surface area (TPSA) is 20.2 Å². The third-order valence-electron chi connectivity index (χ3n) is 5.02. The van der Waals surface area contributed by atoms with Crippen molar-refractivity contribution in [2.75, 3.05) is 0 Å². The summed E-state index contributed by atoms with van der Waals surface area (Å²) in [5, 5.41) is 10.2. The summed E-state index contributed by atoms with van der Waals surface area (Å²) in [5.74, 6) is 0.496. The minimum absolute atomic E-state index is 0.0595. The van der Waals surface area contributed by atoms with Gasteiger partial charge in [-0.2, -0.15) is 0 Å². The van der Waals surface area contributed by atoms with E-state index in [0.29, 0.717) is 5.92 Å². The van der Waals surface area contributed by atoms with Crippen LogP contribution in [0.4, 0.5) is 0 Å². The maximum Gasteiger partial charge on any atom is 0.0565 e. The van der Waals surface area contributed by atoms with Gasteiger partial charge in [0, 0.05) is 0 Å². The van der Waals surface area contributed by atoms with Crippen molar-refractivity contribution in [2.45, 2.75) is 130 Å². The van der Waals surface area contributed by atoms with Gasteiger partial charge in [0.2, 0.25) is 0 Å². The van der Waals surface area contributed by atoms with Gasteiger partial charge in [-0.1, -0.05) is 111 Å². The highest BCUT2D eigenvalue weighted by Crippen LogP contribution is 2.19. The highest BCUT2D eigenvalue weighted by atomic mass is 16.3. The van der Waals surface area contributed by atoms with Crippen molar-refractivity contribution in [3.8, 4) is 0 Å². The molecule has 0 aliphatic heterocycles. The van der Waals surface area contributed by atoms with Crippen LogP contribution in [0, 0.1) is 5.92 Å². The number of rotatable bonds is 17. The summed E-state index contributed by atoms with van der Waals surface area (Å²) in [6.45, 7) is 6.77. The molecule has 0 aliphatic rings. The lowest BCUT2D eigenvalue weighted by molar-refractivity contribution is 0.0985. The fourth-order valence-corrected chi connectivity index (χ4v) is 3.21. The maximum absolute atomic E-state index is 10.2. The molecule has 1 nitrogen and oxygen atoms in total. The molecule has 0 rings (SSSR count). The highest BCUT2D eigenvalue weighted by Gasteiger charge is 2.13. The molecule has 0 heterocycles. The van der Waals surface area contributed by atoms with Crippen molar-refractivity contribution in [3.63, 3.8) is 0 Å². The summed E-state index contributed by atoms with van der Waals surface area (Å²) in [4.78, 5) is 0. The number of aliphatic hydroxyl groups excluding tert-OH is 1. The third-order valence-corrected chi connectivity index (χ3v) is 5.02. The summed E-state index contributed by atoms with van der Waals surface area (Å²) in [6, 6.07) is 0. The Morgan fingerprint density at radius 3 is 1.36 bits per heavy atom. The van der Waals surface area contributed by atoms with E-state index >= 15 is 0 Å². The Bertz CT molecular complexity index is 202. The van der Waals surface area contributed by atoms with E-state index in [-0.39, 0.29) is 6.10 Å². The number of hydrogen-bond acceptors (Lipinski definition) is 1. The first-order valence-electron chi connectivity index (χ1n) is 10.4. The van der Waals surface area contributed by atoms with Gasteiger partial charge in [-0.15, -0.1) is 0 Å². The standard InChI is InChI=1S/C21H44O/c1-4-6-8-10-11-12-13-15-17-19-21(22)20(3)18-16-14-9-7-5-2/h20-22H,4-19H2,1-3H3. The van der Waals surface area contributed by atoms with Crippen LogP contribution < -0.4 is 0 Å². The molecule has 0 aromatic carbocycles. The minimum Gasteiger partial charge on any atom is -0.393 e. The summed E-state index contributed by atoms with van der Waals surface area (Å²) in [6.07, 6.45) is 21.2. The van der Waals surface area contributed by atoms with Crippen molar-refractivity contribution >= 4 is 0 Å². The molecule has 2 atom stereocenters. The molecule has 0 saturated heterocycles. The van der Waals surface area contributed by atoms with Gasteiger partial charge >= 0.3 is 0 Å². The molecule has 0 bridgehead atoms. The maximum atomic E-state index is 10.2. The molecule has 0 saturated carbocycles. The molecule has 134 valence electrons. The number of aliphatic hydroxyl groups is 1. The zero-order valence-electron chi connectivity index (χ0n) is 15.9. The van der Waals surface area contributed by atoms with Crippen molar-refractivity contribution in [2.24, 2.45) is 5.92 Å². The monoisotopic (exact) mass is 312 g/mol. The molecule has 0 aromatic rings. The lowest BCUT2D eigenvalue weighted by Crippen LogP contribution is -2.17. The van der Waals surface area contributed by atoms with E-state index in [4.69, 9.17) is 0 Å². The summed E-state index contributed by atoms with van der Waals surface area (Å²) < 4.78 is 0. The average Bonchev–Trinajstić information content (AvgIpc) is 2.52. The van der Waals surface area contributed by atoms with Gasteiger partial charge in [0.15, 0.2) is 0 Å². The Morgan fingerprint density at radius 2 is 0.909 bits per heavy atom. The normalized spacial score (nSPS) is 14.2. The second kappa shape index (κ2) is 17.3. The fourth-order valence-electron chi connectivity index (χ4n) is 3.21. The number of unbranched alkanes of at least 4 members (excludes halogenated alkanes) is 12. The molecular formula is C21H44O. The van der Waals surface area contributed by atoms with E-state index in [1.165, 1.54) is 96.3 Å². The van der Waals surface area contributed by atoms with Crippen LogP contribution in [0.1, 0.15) is 124 Å². The smallest absolute Gasteiger partial charge is 0.0565 e. The van der Waals surface area contributed by atoms with Gasteiger partial charge in [0.05, 0.1) is 6.10 Å². The molecule has 0 aromatic heterocycles. The largest absolute Gasteiger partial charge is 0.393 e. The molecule has 2 unspecified atom stereocenters. The Hall–Kier alpha value is -0.0400. The molecule has 0 fully saturated rings. The Kier molecular flexibility index (Phi) is 17.3. The quantitative estimate of drug-likeness (QED) is 0.280. The van der Waals surface area contributed by atoms with Gasteiger partial charge in [0.25, 0.3) is 0 Å². The van der Waals surface area contributed by atoms with Gasteiger partial charge in [-0.05, 0) is 18.8 Å². The van der Waals surface area contributed by atoms with Crippen molar-refractivity contribution in [1.29, 1.82) is 0 Å². The average molecular weight is 313 g/mol. The van der Waals surface area contributed by atoms with E-state index in [1.807, 2.05) is 0 Å². The first-order valence-corrected chi connectivity index (χ1v) is 10.4. The molecule has 0 spiro atoms. The highest BCUT2D eigenvalue weighted by molar-refractivity contribution is 4.65. The van der Waals surface area contributed by atoms with Crippen LogP contribution in [0.3, 0.4) is 0 Å². The van der Waals surface area contributed by atoms with E-state index < -0.39 is 0 Å². The molecular weight excluding hydrogens is 268 g/mol. The number of hydrogen-bond donors (Lipinski definition) is 1. The van der Waals surface area contributed by atoms with Crippen LogP contribution in [0.25, 0.3) is 0 Å². The first-order chi connectivity index (χ1) is 10.7. The first kappa shape index (κ1) is 22.0. The van der Waals surface area contributed by atoms with E-state index in [0.717, 1.165) is 6.42 Å². The lowest BCUT2D eigenvalue weighted by Gasteiger charge is -2.18. The van der Waals surface area contributed by atoms with E-state index in [2.05, 4.69) is 20.8 Å². The second-order valence-electron chi connectivity index (χ2n) is 7.36. The lowest BCUT2D eigenvalue weighted by atomic mass is 9.93. The Balaban J connectivity index is 3.31. The molecule has 0 radical (unpaired) electrons. The Labute approximate surface area is 141 Å². The minimum atomic E-state index is -0.0595. The molecule has 1 N–H and O–H groups in total. The molecule has 1 heteroatoms. The Morgan fingerprint density at radius 1 is 0.545 bits per heavy atom. The van der Waals surface area contributed by atoms with Gasteiger partial charge in [0.1, 0.15) is 0 Å². The van der Waals surface area contributed by atoms with Crippen LogP contribution in [-0.4, -0.2) is 11.2 Å². The third kappa shape index (κ3) is 14.9. The van der Waals surface area contributed by atoms with Crippen molar-refractivity contribution in [1.82, 2.24) is 0 Å². The van der Waals surface area contributed by atoms with Crippen LogP contribution in [0.5, 0.6) is 0 Å². The fraction of sp³-hybridized carbons (Fsp3) is 1.00. The van der Waals surface area contributed by atoms with Gasteiger partial charge < -0.3 is 5.11 Å².